The molecule has 0 aliphatic rings. The van der Waals surface area contributed by atoms with Crippen LogP contribution in [-0.2, 0) is 4.74 Å². The van der Waals surface area contributed by atoms with Gasteiger partial charge in [-0.15, -0.1) is 11.3 Å². The van der Waals surface area contributed by atoms with Crippen LogP contribution in [0.2, 0.25) is 0 Å². The summed E-state index contributed by atoms with van der Waals surface area (Å²) in [6.07, 6.45) is 3.07. The number of carbonyl (C=O) groups excluding carboxylic acids is 2. The molecule has 2 heterocycles. The van der Waals surface area contributed by atoms with Crippen LogP contribution in [0, 0.1) is 0 Å². The maximum atomic E-state index is 12.5. The monoisotopic (exact) mass is 352 g/mol. The van der Waals surface area contributed by atoms with Gasteiger partial charge in [0.05, 0.1) is 12.2 Å². The molecule has 1 aromatic carbocycles. The Kier molecular flexibility index (Phi) is 5.20. The molecule has 0 spiro atoms. The number of hydrogen-bond acceptors (Lipinski definition) is 5. The summed E-state index contributed by atoms with van der Waals surface area (Å²) >= 11 is 1.30. The average Bonchev–Trinajstić information content (AvgIpc) is 3.07. The summed E-state index contributed by atoms with van der Waals surface area (Å²) in [5.74, 6) is -0.774. The number of ether oxygens (including phenoxy) is 1. The van der Waals surface area contributed by atoms with E-state index in [1.165, 1.54) is 17.5 Å². The molecular weight excluding hydrogens is 336 g/mol. The molecule has 5 nitrogen and oxygen atoms in total. The maximum Gasteiger partial charge on any atom is 0.341 e. The van der Waals surface area contributed by atoms with E-state index in [0.29, 0.717) is 16.1 Å². The Morgan fingerprint density at radius 2 is 1.96 bits per heavy atom. The van der Waals surface area contributed by atoms with Gasteiger partial charge in [0.2, 0.25) is 0 Å². The SMILES string of the molecule is CCOC(=O)c1c(-c2ccccc2)csc1NC(=O)c1cccnc1. The second-order valence-corrected chi connectivity index (χ2v) is 6.02. The first-order chi connectivity index (χ1) is 12.2. The van der Waals surface area contributed by atoms with E-state index in [-0.39, 0.29) is 12.5 Å². The molecule has 0 bridgehead atoms. The summed E-state index contributed by atoms with van der Waals surface area (Å²) in [7, 11) is 0. The molecule has 0 aliphatic carbocycles. The first-order valence-corrected chi connectivity index (χ1v) is 8.64. The second kappa shape index (κ2) is 7.72. The standard InChI is InChI=1S/C19H16N2O3S/c1-2-24-19(23)16-15(13-7-4-3-5-8-13)12-25-18(16)21-17(22)14-9-6-10-20-11-14/h3-12H,2H2,1H3,(H,21,22). The topological polar surface area (TPSA) is 68.3 Å². The molecule has 25 heavy (non-hydrogen) atoms. The summed E-state index contributed by atoms with van der Waals surface area (Å²) in [6.45, 7) is 2.01. The van der Waals surface area contributed by atoms with Gasteiger partial charge in [-0.1, -0.05) is 30.3 Å². The number of nitrogens with one attached hydrogen (secondary N) is 1. The van der Waals surface area contributed by atoms with Crippen LogP contribution in [0.4, 0.5) is 5.00 Å². The maximum absolute atomic E-state index is 12.5. The molecule has 126 valence electrons. The van der Waals surface area contributed by atoms with Crippen molar-refractivity contribution >= 4 is 28.2 Å². The van der Waals surface area contributed by atoms with E-state index >= 15 is 0 Å². The van der Waals surface area contributed by atoms with Crippen molar-refractivity contribution in [1.29, 1.82) is 0 Å². The number of carbonyl (C=O) groups is 2. The Morgan fingerprint density at radius 3 is 2.64 bits per heavy atom. The lowest BCUT2D eigenvalue weighted by molar-refractivity contribution is 0.0529. The minimum absolute atomic E-state index is 0.263. The predicted octanol–water partition coefficient (Wildman–Crippen LogP) is 4.24. The van der Waals surface area contributed by atoms with E-state index in [0.717, 1.165) is 11.1 Å². The normalized spacial score (nSPS) is 10.3. The molecule has 2 aromatic heterocycles. The highest BCUT2D eigenvalue weighted by Crippen LogP contribution is 2.36. The molecule has 0 saturated carbocycles. The van der Waals surface area contributed by atoms with Crippen molar-refractivity contribution in [2.75, 3.05) is 11.9 Å². The molecule has 1 N–H and O–H groups in total. The average molecular weight is 352 g/mol. The van der Waals surface area contributed by atoms with Gasteiger partial charge in [0.15, 0.2) is 0 Å². The summed E-state index contributed by atoms with van der Waals surface area (Å²) in [6, 6.07) is 12.9. The first kappa shape index (κ1) is 16.9. The van der Waals surface area contributed by atoms with E-state index in [9.17, 15) is 9.59 Å². The van der Waals surface area contributed by atoms with E-state index in [2.05, 4.69) is 10.3 Å². The highest BCUT2D eigenvalue weighted by molar-refractivity contribution is 7.15. The quantitative estimate of drug-likeness (QED) is 0.698. The summed E-state index contributed by atoms with van der Waals surface area (Å²) < 4.78 is 5.18. The van der Waals surface area contributed by atoms with Crippen LogP contribution in [0.5, 0.6) is 0 Å². The van der Waals surface area contributed by atoms with Crippen LogP contribution < -0.4 is 5.32 Å². The third-order valence-corrected chi connectivity index (χ3v) is 4.40. The lowest BCUT2D eigenvalue weighted by Crippen LogP contribution is -2.15. The Hall–Kier alpha value is -2.99. The third kappa shape index (κ3) is 3.75. The molecule has 0 aliphatic heterocycles. The molecule has 0 saturated heterocycles. The number of pyridine rings is 1. The molecule has 0 unspecified atom stereocenters. The third-order valence-electron chi connectivity index (χ3n) is 3.51. The van der Waals surface area contributed by atoms with Gasteiger partial charge in [0.25, 0.3) is 5.91 Å². The largest absolute Gasteiger partial charge is 0.462 e. The predicted molar refractivity (Wildman–Crippen MR) is 97.9 cm³/mol. The lowest BCUT2D eigenvalue weighted by atomic mass is 10.0. The molecular formula is C19H16N2O3S. The van der Waals surface area contributed by atoms with Crippen LogP contribution in [-0.4, -0.2) is 23.5 Å². The van der Waals surface area contributed by atoms with E-state index in [1.807, 2.05) is 35.7 Å². The molecule has 6 heteroatoms. The van der Waals surface area contributed by atoms with Crippen molar-refractivity contribution in [3.8, 4) is 11.1 Å². The Morgan fingerprint density at radius 1 is 1.16 bits per heavy atom. The zero-order valence-electron chi connectivity index (χ0n) is 13.6. The van der Waals surface area contributed by atoms with Crippen molar-refractivity contribution in [1.82, 2.24) is 4.98 Å². The smallest absolute Gasteiger partial charge is 0.341 e. The van der Waals surface area contributed by atoms with Gasteiger partial charge in [-0.2, -0.15) is 0 Å². The molecule has 0 radical (unpaired) electrons. The van der Waals surface area contributed by atoms with Crippen LogP contribution in [0.25, 0.3) is 11.1 Å². The van der Waals surface area contributed by atoms with Gasteiger partial charge in [0.1, 0.15) is 10.6 Å². The first-order valence-electron chi connectivity index (χ1n) is 7.76. The van der Waals surface area contributed by atoms with Crippen molar-refractivity contribution in [3.05, 3.63) is 71.4 Å². The minimum Gasteiger partial charge on any atom is -0.462 e. The minimum atomic E-state index is -0.455. The summed E-state index contributed by atoms with van der Waals surface area (Å²) in [4.78, 5) is 28.8. The van der Waals surface area contributed by atoms with Crippen LogP contribution in [0.15, 0.2) is 60.2 Å². The number of amides is 1. The number of thiophene rings is 1. The van der Waals surface area contributed by atoms with Gasteiger partial charge < -0.3 is 10.1 Å². The Bertz CT molecular complexity index is 876. The fraction of sp³-hybridized carbons (Fsp3) is 0.105. The van der Waals surface area contributed by atoms with Gasteiger partial charge in [0, 0.05) is 23.3 Å². The molecule has 0 atom stereocenters. The number of aromatic nitrogens is 1. The van der Waals surface area contributed by atoms with Gasteiger partial charge in [-0.25, -0.2) is 4.79 Å². The van der Waals surface area contributed by atoms with Crippen molar-refractivity contribution in [2.45, 2.75) is 6.92 Å². The van der Waals surface area contributed by atoms with Crippen molar-refractivity contribution in [3.63, 3.8) is 0 Å². The van der Waals surface area contributed by atoms with Crippen LogP contribution >= 0.6 is 11.3 Å². The van der Waals surface area contributed by atoms with Crippen molar-refractivity contribution < 1.29 is 14.3 Å². The fourth-order valence-electron chi connectivity index (χ4n) is 2.36. The fourth-order valence-corrected chi connectivity index (χ4v) is 3.31. The highest BCUT2D eigenvalue weighted by atomic mass is 32.1. The molecule has 3 aromatic rings. The number of benzene rings is 1. The summed E-state index contributed by atoms with van der Waals surface area (Å²) in [5, 5.41) is 5.11. The lowest BCUT2D eigenvalue weighted by Gasteiger charge is -2.08. The molecule has 0 fully saturated rings. The number of hydrogen-bond donors (Lipinski definition) is 1. The zero-order chi connectivity index (χ0) is 17.6. The van der Waals surface area contributed by atoms with E-state index in [1.54, 1.807) is 25.3 Å². The Balaban J connectivity index is 1.98. The van der Waals surface area contributed by atoms with Gasteiger partial charge in [-0.3, -0.25) is 9.78 Å². The summed E-state index contributed by atoms with van der Waals surface area (Å²) in [5.41, 5.74) is 2.43. The highest BCUT2D eigenvalue weighted by Gasteiger charge is 2.23. The number of nitrogens with zero attached hydrogens (tertiary/aromatic N) is 1. The van der Waals surface area contributed by atoms with Crippen LogP contribution in [0.1, 0.15) is 27.6 Å². The zero-order valence-corrected chi connectivity index (χ0v) is 14.4. The molecule has 3 rings (SSSR count). The van der Waals surface area contributed by atoms with Gasteiger partial charge in [-0.05, 0) is 24.6 Å². The van der Waals surface area contributed by atoms with E-state index in [4.69, 9.17) is 4.74 Å². The number of esters is 1. The number of anilines is 1. The second-order valence-electron chi connectivity index (χ2n) is 5.14. The van der Waals surface area contributed by atoms with E-state index < -0.39 is 5.97 Å². The van der Waals surface area contributed by atoms with Crippen molar-refractivity contribution in [2.24, 2.45) is 0 Å². The van der Waals surface area contributed by atoms with Gasteiger partial charge >= 0.3 is 5.97 Å². The molecule has 1 amide bonds. The van der Waals surface area contributed by atoms with Crippen LogP contribution in [0.3, 0.4) is 0 Å². The Labute approximate surface area is 149 Å². The number of rotatable bonds is 5.